The van der Waals surface area contributed by atoms with Crippen molar-refractivity contribution < 1.29 is 9.53 Å². The number of rotatable bonds is 6. The largest absolute Gasteiger partial charge is 0.364 e. The van der Waals surface area contributed by atoms with Gasteiger partial charge in [-0.15, -0.1) is 0 Å². The predicted molar refractivity (Wildman–Crippen MR) is 70.1 cm³/mol. The molecule has 1 saturated heterocycles. The van der Waals surface area contributed by atoms with E-state index in [0.29, 0.717) is 12.5 Å². The Morgan fingerprint density at radius 3 is 2.78 bits per heavy atom. The number of ether oxygens (including phenoxy) is 1. The van der Waals surface area contributed by atoms with Crippen LogP contribution in [-0.4, -0.2) is 31.6 Å². The third kappa shape index (κ3) is 3.82. The highest BCUT2D eigenvalue weighted by molar-refractivity contribution is 5.80. The fourth-order valence-electron chi connectivity index (χ4n) is 1.75. The lowest BCUT2D eigenvalue weighted by atomic mass is 10.0. The van der Waals surface area contributed by atoms with E-state index in [9.17, 15) is 4.79 Å². The van der Waals surface area contributed by atoms with E-state index in [-0.39, 0.29) is 5.91 Å². The molecule has 1 aliphatic rings. The van der Waals surface area contributed by atoms with Crippen LogP contribution in [0.2, 0.25) is 0 Å². The van der Waals surface area contributed by atoms with Crippen molar-refractivity contribution in [2.24, 2.45) is 5.92 Å². The van der Waals surface area contributed by atoms with Crippen LogP contribution in [0.5, 0.6) is 0 Å². The zero-order chi connectivity index (χ0) is 12.8. The highest BCUT2D eigenvalue weighted by atomic mass is 16.5. The summed E-state index contributed by atoms with van der Waals surface area (Å²) in [6.45, 7) is 5.00. The van der Waals surface area contributed by atoms with Crippen LogP contribution in [0, 0.1) is 5.92 Å². The van der Waals surface area contributed by atoms with Crippen LogP contribution in [0.25, 0.3) is 0 Å². The van der Waals surface area contributed by atoms with Gasteiger partial charge in [0.15, 0.2) is 0 Å². The molecule has 1 amide bonds. The van der Waals surface area contributed by atoms with Gasteiger partial charge in [0.2, 0.25) is 5.91 Å². The number of carbonyl (C=O) groups excluding carboxylic acids is 1. The molecule has 98 valence electrons. The minimum absolute atomic E-state index is 0.0298. The van der Waals surface area contributed by atoms with Crippen LogP contribution in [0.3, 0.4) is 0 Å². The van der Waals surface area contributed by atoms with Crippen molar-refractivity contribution in [1.29, 1.82) is 0 Å². The Kier molecular flexibility index (Phi) is 4.73. The molecule has 0 spiro atoms. The maximum absolute atomic E-state index is 11.8. The summed E-state index contributed by atoms with van der Waals surface area (Å²) in [5, 5.41) is 6.09. The fraction of sp³-hybridized carbons (Fsp3) is 0.500. The second kappa shape index (κ2) is 6.52. The first-order valence-corrected chi connectivity index (χ1v) is 6.39. The molecule has 1 fully saturated rings. The first kappa shape index (κ1) is 13.1. The lowest BCUT2D eigenvalue weighted by Gasteiger charge is -2.27. The summed E-state index contributed by atoms with van der Waals surface area (Å²) in [6.07, 6.45) is -0.404. The normalized spacial score (nSPS) is 16.9. The smallest absolute Gasteiger partial charge is 0.248 e. The standard InChI is InChI=1S/C14H20N2O2/c1-11(14(17)16-9-13-7-15-8-13)18-10-12-5-3-2-4-6-12/h2-6,11,13,15H,7-10H2,1H3,(H,16,17). The Labute approximate surface area is 108 Å². The third-order valence-corrected chi connectivity index (χ3v) is 3.14. The molecule has 0 saturated carbocycles. The zero-order valence-electron chi connectivity index (χ0n) is 10.7. The molecular formula is C14H20N2O2. The summed E-state index contributed by atoms with van der Waals surface area (Å²) in [6, 6.07) is 9.88. The van der Waals surface area contributed by atoms with E-state index in [1.165, 1.54) is 0 Å². The number of nitrogens with one attached hydrogen (secondary N) is 2. The lowest BCUT2D eigenvalue weighted by molar-refractivity contribution is -0.132. The van der Waals surface area contributed by atoms with E-state index in [1.807, 2.05) is 30.3 Å². The van der Waals surface area contributed by atoms with Gasteiger partial charge in [-0.25, -0.2) is 0 Å². The van der Waals surface area contributed by atoms with Gasteiger partial charge in [-0.05, 0) is 12.5 Å². The fourth-order valence-corrected chi connectivity index (χ4v) is 1.75. The number of hydrogen-bond donors (Lipinski definition) is 2. The molecule has 1 atom stereocenters. The maximum Gasteiger partial charge on any atom is 0.248 e. The van der Waals surface area contributed by atoms with Crippen LogP contribution in [-0.2, 0) is 16.1 Å². The summed E-state index contributed by atoms with van der Waals surface area (Å²) < 4.78 is 5.55. The molecule has 18 heavy (non-hydrogen) atoms. The molecule has 1 aromatic rings. The van der Waals surface area contributed by atoms with Crippen molar-refractivity contribution in [3.63, 3.8) is 0 Å². The van der Waals surface area contributed by atoms with E-state index >= 15 is 0 Å². The van der Waals surface area contributed by atoms with Gasteiger partial charge in [0.25, 0.3) is 0 Å². The maximum atomic E-state index is 11.8. The minimum atomic E-state index is -0.404. The van der Waals surface area contributed by atoms with Crippen molar-refractivity contribution in [2.75, 3.05) is 19.6 Å². The molecule has 1 unspecified atom stereocenters. The Morgan fingerprint density at radius 1 is 1.44 bits per heavy atom. The number of carbonyl (C=O) groups is 1. The molecule has 4 nitrogen and oxygen atoms in total. The Hall–Kier alpha value is -1.39. The van der Waals surface area contributed by atoms with Crippen molar-refractivity contribution in [3.8, 4) is 0 Å². The number of hydrogen-bond acceptors (Lipinski definition) is 3. The number of amides is 1. The summed E-state index contributed by atoms with van der Waals surface area (Å²) in [7, 11) is 0. The van der Waals surface area contributed by atoms with Crippen molar-refractivity contribution in [1.82, 2.24) is 10.6 Å². The quantitative estimate of drug-likeness (QED) is 0.787. The van der Waals surface area contributed by atoms with Crippen LogP contribution < -0.4 is 10.6 Å². The van der Waals surface area contributed by atoms with E-state index in [0.717, 1.165) is 25.2 Å². The van der Waals surface area contributed by atoms with E-state index in [1.54, 1.807) is 6.92 Å². The molecule has 1 aromatic carbocycles. The molecule has 0 bridgehead atoms. The van der Waals surface area contributed by atoms with Crippen molar-refractivity contribution in [3.05, 3.63) is 35.9 Å². The van der Waals surface area contributed by atoms with Gasteiger partial charge in [0, 0.05) is 25.6 Å². The van der Waals surface area contributed by atoms with Gasteiger partial charge in [-0.3, -0.25) is 4.79 Å². The highest BCUT2D eigenvalue weighted by Crippen LogP contribution is 2.04. The zero-order valence-corrected chi connectivity index (χ0v) is 10.7. The molecule has 2 rings (SSSR count). The van der Waals surface area contributed by atoms with Crippen molar-refractivity contribution >= 4 is 5.91 Å². The van der Waals surface area contributed by atoms with Gasteiger partial charge in [-0.1, -0.05) is 30.3 Å². The van der Waals surface area contributed by atoms with Crippen LogP contribution in [0.1, 0.15) is 12.5 Å². The van der Waals surface area contributed by atoms with Gasteiger partial charge in [0.05, 0.1) is 6.61 Å². The average molecular weight is 248 g/mol. The van der Waals surface area contributed by atoms with Crippen LogP contribution in [0.4, 0.5) is 0 Å². The highest BCUT2D eigenvalue weighted by Gasteiger charge is 2.19. The molecule has 1 heterocycles. The van der Waals surface area contributed by atoms with E-state index in [4.69, 9.17) is 4.74 Å². The molecule has 0 aliphatic carbocycles. The van der Waals surface area contributed by atoms with Gasteiger partial charge in [0.1, 0.15) is 6.10 Å². The Morgan fingerprint density at radius 2 is 2.17 bits per heavy atom. The Bertz CT molecular complexity index is 377. The molecular weight excluding hydrogens is 228 g/mol. The van der Waals surface area contributed by atoms with E-state index in [2.05, 4.69) is 10.6 Å². The van der Waals surface area contributed by atoms with Crippen molar-refractivity contribution in [2.45, 2.75) is 19.6 Å². The number of benzene rings is 1. The predicted octanol–water partition coefficient (Wildman–Crippen LogP) is 0.927. The first-order valence-electron chi connectivity index (χ1n) is 6.39. The summed E-state index contributed by atoms with van der Waals surface area (Å²) in [4.78, 5) is 11.8. The van der Waals surface area contributed by atoms with Gasteiger partial charge in [-0.2, -0.15) is 0 Å². The van der Waals surface area contributed by atoms with Crippen LogP contribution in [0.15, 0.2) is 30.3 Å². The average Bonchev–Trinajstić information content (AvgIpc) is 2.35. The lowest BCUT2D eigenvalue weighted by Crippen LogP contribution is -2.49. The second-order valence-corrected chi connectivity index (χ2v) is 4.71. The molecule has 2 N–H and O–H groups in total. The van der Waals surface area contributed by atoms with E-state index < -0.39 is 6.10 Å². The van der Waals surface area contributed by atoms with Gasteiger partial charge < -0.3 is 15.4 Å². The molecule has 0 radical (unpaired) electrons. The topological polar surface area (TPSA) is 50.4 Å². The molecule has 4 heteroatoms. The molecule has 0 aromatic heterocycles. The SMILES string of the molecule is CC(OCc1ccccc1)C(=O)NCC1CNC1. The summed E-state index contributed by atoms with van der Waals surface area (Å²) in [5.41, 5.74) is 1.08. The summed E-state index contributed by atoms with van der Waals surface area (Å²) in [5.74, 6) is 0.549. The second-order valence-electron chi connectivity index (χ2n) is 4.71. The first-order chi connectivity index (χ1) is 8.75. The monoisotopic (exact) mass is 248 g/mol. The minimum Gasteiger partial charge on any atom is -0.364 e. The van der Waals surface area contributed by atoms with Crippen LogP contribution >= 0.6 is 0 Å². The van der Waals surface area contributed by atoms with Gasteiger partial charge >= 0.3 is 0 Å². The molecule has 1 aliphatic heterocycles. The third-order valence-electron chi connectivity index (χ3n) is 3.14. The Balaban J connectivity index is 1.66. The summed E-state index contributed by atoms with van der Waals surface area (Å²) >= 11 is 0.